The second-order valence-corrected chi connectivity index (χ2v) is 9.55. The molecule has 2 aromatic carbocycles. The van der Waals surface area contributed by atoms with Crippen molar-refractivity contribution in [2.24, 2.45) is 0 Å². The van der Waals surface area contributed by atoms with E-state index in [-0.39, 0.29) is 24.2 Å². The Hall–Kier alpha value is -4.31. The van der Waals surface area contributed by atoms with Crippen LogP contribution in [-0.2, 0) is 4.79 Å². The molecule has 1 atom stereocenters. The smallest absolute Gasteiger partial charge is 0.266 e. The second-order valence-electron chi connectivity index (χ2n) is 8.55. The number of aromatic nitrogens is 2. The fourth-order valence-electron chi connectivity index (χ4n) is 4.13. The molecule has 1 aliphatic heterocycles. The Morgan fingerprint density at radius 1 is 1.17 bits per heavy atom. The molecule has 4 aromatic rings. The van der Waals surface area contributed by atoms with Crippen molar-refractivity contribution in [2.45, 2.75) is 26.8 Å². The molecule has 0 radical (unpaired) electrons. The van der Waals surface area contributed by atoms with E-state index in [9.17, 15) is 19.2 Å². The molecule has 36 heavy (non-hydrogen) atoms. The molecular weight excluding hydrogens is 480 g/mol. The molecule has 10 heteroatoms. The van der Waals surface area contributed by atoms with Crippen LogP contribution in [0.3, 0.4) is 0 Å². The Kier molecular flexibility index (Phi) is 5.89. The number of amides is 2. The van der Waals surface area contributed by atoms with Crippen molar-refractivity contribution in [2.75, 3.05) is 17.2 Å². The van der Waals surface area contributed by atoms with Gasteiger partial charge in [-0.15, -0.1) is 11.3 Å². The number of para-hydroxylation sites is 1. The number of aryl methyl sites for hydroxylation is 2. The summed E-state index contributed by atoms with van der Waals surface area (Å²) in [5, 5.41) is 5.88. The van der Waals surface area contributed by atoms with Crippen LogP contribution in [0.2, 0.25) is 0 Å². The Morgan fingerprint density at radius 2 is 1.94 bits per heavy atom. The highest BCUT2D eigenvalue weighted by Crippen LogP contribution is 2.31. The first-order chi connectivity index (χ1) is 17.2. The minimum absolute atomic E-state index is 0.0806. The van der Waals surface area contributed by atoms with Gasteiger partial charge in [0.25, 0.3) is 17.4 Å². The number of ketones is 1. The van der Waals surface area contributed by atoms with Crippen molar-refractivity contribution in [1.29, 1.82) is 0 Å². The van der Waals surface area contributed by atoms with Crippen LogP contribution >= 0.6 is 11.3 Å². The van der Waals surface area contributed by atoms with Gasteiger partial charge in [0.1, 0.15) is 10.6 Å². The Labute approximate surface area is 209 Å². The predicted octanol–water partition coefficient (Wildman–Crippen LogP) is 4.10. The van der Waals surface area contributed by atoms with Gasteiger partial charge < -0.3 is 15.4 Å². The van der Waals surface area contributed by atoms with Crippen molar-refractivity contribution < 1.29 is 19.1 Å². The number of fused-ring (bicyclic) bond motifs is 2. The summed E-state index contributed by atoms with van der Waals surface area (Å²) >= 11 is 1.14. The fraction of sp³-hybridized carbons (Fsp3) is 0.192. The molecule has 1 aliphatic rings. The van der Waals surface area contributed by atoms with E-state index in [0.29, 0.717) is 43.3 Å². The normalized spacial score (nSPS) is 13.5. The number of ether oxygens (including phenoxy) is 1. The fourth-order valence-corrected chi connectivity index (χ4v) is 5.16. The highest BCUT2D eigenvalue weighted by Gasteiger charge is 2.25. The van der Waals surface area contributed by atoms with E-state index < -0.39 is 11.6 Å². The average Bonchev–Trinajstić information content (AvgIpc) is 3.21. The first kappa shape index (κ1) is 23.4. The van der Waals surface area contributed by atoms with Crippen molar-refractivity contribution in [3.63, 3.8) is 0 Å². The monoisotopic (exact) mass is 502 g/mol. The minimum Gasteiger partial charge on any atom is -0.482 e. The summed E-state index contributed by atoms with van der Waals surface area (Å²) in [6.07, 6.45) is 1.33. The number of thiophene rings is 1. The van der Waals surface area contributed by atoms with Crippen LogP contribution < -0.4 is 20.9 Å². The van der Waals surface area contributed by atoms with Gasteiger partial charge in [0.05, 0.1) is 28.3 Å². The number of anilines is 2. The molecular formula is C26H22N4O5S. The minimum atomic E-state index is -0.865. The van der Waals surface area contributed by atoms with E-state index in [0.717, 1.165) is 16.9 Å². The van der Waals surface area contributed by atoms with Crippen LogP contribution in [-0.4, -0.2) is 33.8 Å². The maximum absolute atomic E-state index is 13.4. The van der Waals surface area contributed by atoms with Gasteiger partial charge in [-0.1, -0.05) is 18.2 Å². The summed E-state index contributed by atoms with van der Waals surface area (Å²) < 4.78 is 6.61. The summed E-state index contributed by atoms with van der Waals surface area (Å²) in [5.74, 6) is -0.477. The van der Waals surface area contributed by atoms with Crippen LogP contribution in [0.5, 0.6) is 5.75 Å². The third-order valence-electron chi connectivity index (χ3n) is 6.17. The van der Waals surface area contributed by atoms with E-state index in [1.54, 1.807) is 26.0 Å². The molecule has 182 valence electrons. The van der Waals surface area contributed by atoms with Gasteiger partial charge in [0, 0.05) is 11.3 Å². The molecule has 2 aromatic heterocycles. The molecule has 0 bridgehead atoms. The number of rotatable bonds is 5. The lowest BCUT2D eigenvalue weighted by molar-refractivity contribution is -0.118. The molecule has 0 saturated heterocycles. The number of hydrogen-bond donors (Lipinski definition) is 2. The Bertz CT molecular complexity index is 1620. The third-order valence-corrected chi connectivity index (χ3v) is 7.37. The molecule has 1 unspecified atom stereocenters. The number of nitrogens with zero attached hydrogens (tertiary/aromatic N) is 2. The molecule has 9 nitrogen and oxygen atoms in total. The maximum Gasteiger partial charge on any atom is 0.266 e. The largest absolute Gasteiger partial charge is 0.482 e. The second kappa shape index (κ2) is 9.04. The Balaban J connectivity index is 1.46. The zero-order valence-electron chi connectivity index (χ0n) is 19.7. The molecule has 2 amide bonds. The number of hydrogen-bond acceptors (Lipinski definition) is 7. The molecule has 0 aliphatic carbocycles. The van der Waals surface area contributed by atoms with E-state index in [4.69, 9.17) is 4.74 Å². The lowest BCUT2D eigenvalue weighted by Gasteiger charge is -2.19. The summed E-state index contributed by atoms with van der Waals surface area (Å²) in [7, 11) is 0. The highest BCUT2D eigenvalue weighted by atomic mass is 32.1. The zero-order valence-corrected chi connectivity index (χ0v) is 20.6. The zero-order chi connectivity index (χ0) is 25.6. The van der Waals surface area contributed by atoms with Gasteiger partial charge in [-0.05, 0) is 56.2 Å². The first-order valence-electron chi connectivity index (χ1n) is 11.2. The van der Waals surface area contributed by atoms with Crippen molar-refractivity contribution in [3.8, 4) is 5.75 Å². The quantitative estimate of drug-likeness (QED) is 0.397. The average molecular weight is 503 g/mol. The number of benzene rings is 2. The van der Waals surface area contributed by atoms with E-state index >= 15 is 0 Å². The van der Waals surface area contributed by atoms with Gasteiger partial charge in [-0.2, -0.15) is 0 Å². The van der Waals surface area contributed by atoms with Crippen LogP contribution in [0.4, 0.5) is 11.4 Å². The first-order valence-corrected chi connectivity index (χ1v) is 12.0. The van der Waals surface area contributed by atoms with Gasteiger partial charge in [-0.3, -0.25) is 23.7 Å². The van der Waals surface area contributed by atoms with Crippen LogP contribution in [0.1, 0.15) is 44.1 Å². The molecule has 0 saturated carbocycles. The van der Waals surface area contributed by atoms with Gasteiger partial charge in [0.15, 0.2) is 12.4 Å². The van der Waals surface area contributed by atoms with Crippen molar-refractivity contribution in [1.82, 2.24) is 9.55 Å². The molecule has 2 N–H and O–H groups in total. The van der Waals surface area contributed by atoms with Gasteiger partial charge in [0.2, 0.25) is 0 Å². The molecule has 3 heterocycles. The topological polar surface area (TPSA) is 119 Å². The highest BCUT2D eigenvalue weighted by molar-refractivity contribution is 7.20. The number of carbonyl (C=O) groups excluding carboxylic acids is 3. The number of carbonyl (C=O) groups is 3. The SMILES string of the molecule is Cc1ccccc1NC(=O)c1sc2ncn(C(C)C(=O)c3ccc4c(c3)NC(=O)CO4)c(=O)c2c1C. The molecule has 0 spiro atoms. The molecule has 5 rings (SSSR count). The summed E-state index contributed by atoms with van der Waals surface area (Å²) in [5.41, 5.74) is 2.45. The number of Topliss-reactive ketones (excluding diaryl/α,β-unsaturated/α-hetero) is 1. The van der Waals surface area contributed by atoms with Crippen LogP contribution in [0.15, 0.2) is 53.6 Å². The van der Waals surface area contributed by atoms with Crippen molar-refractivity contribution in [3.05, 3.63) is 80.7 Å². The molecule has 0 fully saturated rings. The van der Waals surface area contributed by atoms with E-state index in [2.05, 4.69) is 15.6 Å². The predicted molar refractivity (Wildman–Crippen MR) is 137 cm³/mol. The van der Waals surface area contributed by atoms with Gasteiger partial charge in [-0.25, -0.2) is 4.98 Å². The van der Waals surface area contributed by atoms with Crippen LogP contribution in [0, 0.1) is 13.8 Å². The van der Waals surface area contributed by atoms with E-state index in [1.165, 1.54) is 17.0 Å². The summed E-state index contributed by atoms with van der Waals surface area (Å²) in [6.45, 7) is 5.13. The lowest BCUT2D eigenvalue weighted by atomic mass is 10.0. The Morgan fingerprint density at radius 3 is 2.72 bits per heavy atom. The third kappa shape index (κ3) is 4.05. The summed E-state index contributed by atoms with van der Waals surface area (Å²) in [4.78, 5) is 56.5. The number of nitrogens with one attached hydrogen (secondary N) is 2. The van der Waals surface area contributed by atoms with E-state index in [1.807, 2.05) is 31.2 Å². The van der Waals surface area contributed by atoms with Crippen molar-refractivity contribution >= 4 is 50.5 Å². The summed E-state index contributed by atoms with van der Waals surface area (Å²) in [6, 6.07) is 11.3. The van der Waals surface area contributed by atoms with Gasteiger partial charge >= 0.3 is 0 Å². The standard InChI is InChI=1S/C26H22N4O5S/c1-13-6-4-5-7-17(13)29-24(33)23-14(2)21-25(36-23)27-12-30(26(21)34)15(3)22(32)16-8-9-19-18(10-16)28-20(31)11-35-19/h4-10,12,15H,11H2,1-3H3,(H,28,31)(H,29,33). The van der Waals surface area contributed by atoms with Crippen LogP contribution in [0.25, 0.3) is 10.2 Å². The maximum atomic E-state index is 13.4. The lowest BCUT2D eigenvalue weighted by Crippen LogP contribution is -2.29.